The molecular weight excluding hydrogens is 268 g/mol. The van der Waals surface area contributed by atoms with Gasteiger partial charge in [-0.3, -0.25) is 0 Å². The van der Waals surface area contributed by atoms with Crippen molar-refractivity contribution in [3.05, 3.63) is 12.2 Å². The Morgan fingerprint density at radius 2 is 1.76 bits per heavy atom. The molecule has 1 aliphatic carbocycles. The number of allylic oxidation sites excluding steroid dienone is 1. The number of esters is 1. The van der Waals surface area contributed by atoms with Gasteiger partial charge in [-0.15, -0.1) is 0 Å². The van der Waals surface area contributed by atoms with E-state index in [1.165, 1.54) is 0 Å². The summed E-state index contributed by atoms with van der Waals surface area (Å²) >= 11 is 0. The van der Waals surface area contributed by atoms with Crippen LogP contribution in [0.15, 0.2) is 12.2 Å². The maximum atomic E-state index is 11.8. The molecule has 0 radical (unpaired) electrons. The topological polar surface area (TPSA) is 44.8 Å². The highest BCUT2D eigenvalue weighted by atomic mass is 16.7. The number of hydrogen-bond donors (Lipinski definition) is 0. The third-order valence-electron chi connectivity index (χ3n) is 4.71. The standard InChI is InChI=1S/C17H28O4/c1-15(2,3)21-14(18)8-7-12-11-13(16(12,4)5)17(6)19-9-10-20-17/h7-8,12-13H,9-11H2,1-6H3/b8-7+/t12-,13+/m0/s1. The molecule has 0 aromatic heterocycles. The van der Waals surface area contributed by atoms with E-state index in [-0.39, 0.29) is 11.4 Å². The minimum Gasteiger partial charge on any atom is -0.457 e. The SMILES string of the molecule is CC(C)(C)OC(=O)/C=C/[C@H]1C[C@@H](C2(C)OCCO2)C1(C)C. The quantitative estimate of drug-likeness (QED) is 0.592. The Morgan fingerprint density at radius 1 is 1.19 bits per heavy atom. The number of rotatable bonds is 3. The second-order valence-corrected chi connectivity index (χ2v) is 7.82. The Balaban J connectivity index is 1.94. The molecule has 2 aliphatic rings. The van der Waals surface area contributed by atoms with Gasteiger partial charge in [0.2, 0.25) is 0 Å². The van der Waals surface area contributed by atoms with Crippen LogP contribution in [0.2, 0.25) is 0 Å². The highest BCUT2D eigenvalue weighted by molar-refractivity contribution is 5.82. The summed E-state index contributed by atoms with van der Waals surface area (Å²) in [6.07, 6.45) is 4.51. The Hall–Kier alpha value is -0.870. The van der Waals surface area contributed by atoms with Crippen LogP contribution < -0.4 is 0 Å². The average molecular weight is 296 g/mol. The lowest BCUT2D eigenvalue weighted by molar-refractivity contribution is -0.246. The first kappa shape index (κ1) is 16.5. The third kappa shape index (κ3) is 3.49. The third-order valence-corrected chi connectivity index (χ3v) is 4.71. The van der Waals surface area contributed by atoms with Crippen molar-refractivity contribution in [2.45, 2.75) is 59.4 Å². The maximum absolute atomic E-state index is 11.8. The summed E-state index contributed by atoms with van der Waals surface area (Å²) < 4.78 is 16.9. The first-order valence-electron chi connectivity index (χ1n) is 7.74. The molecule has 1 saturated heterocycles. The second-order valence-electron chi connectivity index (χ2n) is 7.82. The largest absolute Gasteiger partial charge is 0.457 e. The van der Waals surface area contributed by atoms with Crippen LogP contribution in [0.3, 0.4) is 0 Å². The van der Waals surface area contributed by atoms with Gasteiger partial charge in [-0.2, -0.15) is 0 Å². The molecule has 1 saturated carbocycles. The minimum absolute atomic E-state index is 0.0532. The van der Waals surface area contributed by atoms with Gasteiger partial charge < -0.3 is 14.2 Å². The Morgan fingerprint density at radius 3 is 2.24 bits per heavy atom. The van der Waals surface area contributed by atoms with Crippen molar-refractivity contribution < 1.29 is 19.0 Å². The van der Waals surface area contributed by atoms with Crippen LogP contribution in [0, 0.1) is 17.3 Å². The lowest BCUT2D eigenvalue weighted by Gasteiger charge is -2.56. The molecule has 0 spiro atoms. The zero-order chi connectivity index (χ0) is 15.9. The Bertz CT molecular complexity index is 425. The van der Waals surface area contributed by atoms with Crippen molar-refractivity contribution >= 4 is 5.97 Å². The fraction of sp³-hybridized carbons (Fsp3) is 0.824. The highest BCUT2D eigenvalue weighted by Gasteiger charge is 2.57. The minimum atomic E-state index is -0.472. The molecule has 0 amide bonds. The summed E-state index contributed by atoms with van der Waals surface area (Å²) in [5.74, 6) is -0.0542. The lowest BCUT2D eigenvalue weighted by Crippen LogP contribution is -2.55. The van der Waals surface area contributed by atoms with E-state index in [9.17, 15) is 4.79 Å². The van der Waals surface area contributed by atoms with Gasteiger partial charge in [-0.25, -0.2) is 4.79 Å². The van der Waals surface area contributed by atoms with Crippen molar-refractivity contribution in [1.82, 2.24) is 0 Å². The van der Waals surface area contributed by atoms with Crippen LogP contribution in [0.5, 0.6) is 0 Å². The zero-order valence-corrected chi connectivity index (χ0v) is 14.1. The van der Waals surface area contributed by atoms with Gasteiger partial charge in [0.05, 0.1) is 13.2 Å². The van der Waals surface area contributed by atoms with Gasteiger partial charge in [0.1, 0.15) is 5.60 Å². The molecule has 2 atom stereocenters. The number of carbonyl (C=O) groups excluding carboxylic acids is 1. The number of carbonyl (C=O) groups is 1. The monoisotopic (exact) mass is 296 g/mol. The summed E-state index contributed by atoms with van der Waals surface area (Å²) in [5, 5.41) is 0. The van der Waals surface area contributed by atoms with Gasteiger partial charge in [0.25, 0.3) is 0 Å². The van der Waals surface area contributed by atoms with E-state index in [0.717, 1.165) is 6.42 Å². The highest BCUT2D eigenvalue weighted by Crippen LogP contribution is 2.58. The van der Waals surface area contributed by atoms with E-state index in [4.69, 9.17) is 14.2 Å². The summed E-state index contributed by atoms with van der Waals surface area (Å²) in [4.78, 5) is 11.8. The van der Waals surface area contributed by atoms with Crippen LogP contribution in [0.4, 0.5) is 0 Å². The van der Waals surface area contributed by atoms with Crippen LogP contribution >= 0.6 is 0 Å². The van der Waals surface area contributed by atoms with Crippen molar-refractivity contribution in [2.24, 2.45) is 17.3 Å². The van der Waals surface area contributed by atoms with Gasteiger partial charge in [0, 0.05) is 12.0 Å². The molecule has 0 N–H and O–H groups in total. The normalized spacial score (nSPS) is 31.1. The van der Waals surface area contributed by atoms with Crippen molar-refractivity contribution in [1.29, 1.82) is 0 Å². The number of hydrogen-bond acceptors (Lipinski definition) is 4. The van der Waals surface area contributed by atoms with E-state index in [1.807, 2.05) is 33.8 Å². The van der Waals surface area contributed by atoms with Crippen LogP contribution in [0.1, 0.15) is 48.0 Å². The molecular formula is C17H28O4. The predicted molar refractivity (Wildman–Crippen MR) is 80.7 cm³/mol. The van der Waals surface area contributed by atoms with Crippen LogP contribution in [-0.2, 0) is 19.0 Å². The summed E-state index contributed by atoms with van der Waals surface area (Å²) in [5.41, 5.74) is -0.393. The molecule has 4 nitrogen and oxygen atoms in total. The van der Waals surface area contributed by atoms with Crippen molar-refractivity contribution in [3.8, 4) is 0 Å². The van der Waals surface area contributed by atoms with Gasteiger partial charge in [-0.05, 0) is 45.4 Å². The molecule has 1 heterocycles. The average Bonchev–Trinajstić information content (AvgIpc) is 2.72. The molecule has 0 bridgehead atoms. The summed E-state index contributed by atoms with van der Waals surface area (Å²) in [6.45, 7) is 13.4. The molecule has 0 aromatic rings. The summed E-state index contributed by atoms with van der Waals surface area (Å²) in [6, 6.07) is 0. The van der Waals surface area contributed by atoms with Gasteiger partial charge >= 0.3 is 5.97 Å². The van der Waals surface area contributed by atoms with Gasteiger partial charge in [0.15, 0.2) is 5.79 Å². The smallest absolute Gasteiger partial charge is 0.330 e. The predicted octanol–water partition coefficient (Wildman–Crippen LogP) is 3.31. The zero-order valence-electron chi connectivity index (χ0n) is 14.1. The molecule has 0 unspecified atom stereocenters. The van der Waals surface area contributed by atoms with E-state index in [2.05, 4.69) is 13.8 Å². The number of ether oxygens (including phenoxy) is 3. The first-order valence-corrected chi connectivity index (χ1v) is 7.74. The van der Waals surface area contributed by atoms with Crippen molar-refractivity contribution in [2.75, 3.05) is 13.2 Å². The van der Waals surface area contributed by atoms with Crippen LogP contribution in [0.25, 0.3) is 0 Å². The fourth-order valence-electron chi connectivity index (χ4n) is 3.44. The molecule has 2 rings (SSSR count). The first-order chi connectivity index (χ1) is 9.55. The fourth-order valence-corrected chi connectivity index (χ4v) is 3.44. The Labute approximate surface area is 127 Å². The second kappa shape index (κ2) is 5.40. The molecule has 1 aliphatic heterocycles. The summed E-state index contributed by atoms with van der Waals surface area (Å²) in [7, 11) is 0. The molecule has 0 aromatic carbocycles. The van der Waals surface area contributed by atoms with E-state index in [0.29, 0.717) is 25.0 Å². The van der Waals surface area contributed by atoms with E-state index in [1.54, 1.807) is 6.08 Å². The van der Waals surface area contributed by atoms with Crippen LogP contribution in [-0.4, -0.2) is 30.6 Å². The maximum Gasteiger partial charge on any atom is 0.330 e. The molecule has 21 heavy (non-hydrogen) atoms. The van der Waals surface area contributed by atoms with Crippen molar-refractivity contribution in [3.63, 3.8) is 0 Å². The Kier molecular flexibility index (Phi) is 4.24. The van der Waals surface area contributed by atoms with E-state index < -0.39 is 11.4 Å². The molecule has 4 heteroatoms. The lowest BCUT2D eigenvalue weighted by atomic mass is 9.52. The van der Waals surface area contributed by atoms with E-state index >= 15 is 0 Å². The van der Waals surface area contributed by atoms with Gasteiger partial charge in [-0.1, -0.05) is 19.9 Å². The molecule has 120 valence electrons. The molecule has 2 fully saturated rings.